The maximum Gasteiger partial charge on any atom is 0.126 e. The number of hydrogen-bond acceptors (Lipinski definition) is 2. The first-order chi connectivity index (χ1) is 8.68. The van der Waals surface area contributed by atoms with E-state index in [-0.39, 0.29) is 11.4 Å². The maximum absolute atomic E-state index is 13.6. The summed E-state index contributed by atoms with van der Waals surface area (Å²) in [5, 5.41) is 3.30. The summed E-state index contributed by atoms with van der Waals surface area (Å²) in [7, 11) is 4.18. The van der Waals surface area contributed by atoms with Gasteiger partial charge in [-0.05, 0) is 58.0 Å². The molecule has 1 unspecified atom stereocenters. The second kappa shape index (κ2) is 5.81. The first-order valence-electron chi connectivity index (χ1n) is 6.77. The van der Waals surface area contributed by atoms with Gasteiger partial charge in [0.15, 0.2) is 0 Å². The van der Waals surface area contributed by atoms with E-state index in [1.165, 1.54) is 12.8 Å². The highest BCUT2D eigenvalue weighted by Crippen LogP contribution is 2.32. The number of nitrogens with one attached hydrogen (secondary N) is 1. The molecule has 1 N–H and O–H groups in total. The van der Waals surface area contributed by atoms with E-state index in [1.807, 2.05) is 19.2 Å². The van der Waals surface area contributed by atoms with Crippen LogP contribution in [-0.2, 0) is 6.42 Å². The van der Waals surface area contributed by atoms with E-state index in [0.717, 1.165) is 31.5 Å². The molecule has 0 amide bonds. The van der Waals surface area contributed by atoms with E-state index in [2.05, 4.69) is 17.3 Å². The van der Waals surface area contributed by atoms with Crippen molar-refractivity contribution in [1.82, 2.24) is 10.2 Å². The smallest absolute Gasteiger partial charge is 0.126 e. The highest BCUT2D eigenvalue weighted by atomic mass is 19.1. The SMILES string of the molecule is CNCC1(CCc2ccccc2F)CCCN1C. The van der Waals surface area contributed by atoms with E-state index in [1.54, 1.807) is 12.1 Å². The molecule has 1 aromatic rings. The lowest BCUT2D eigenvalue weighted by molar-refractivity contribution is 0.159. The summed E-state index contributed by atoms with van der Waals surface area (Å²) in [5.41, 5.74) is 1.05. The molecular formula is C15H23FN2. The average molecular weight is 250 g/mol. The van der Waals surface area contributed by atoms with Gasteiger partial charge < -0.3 is 5.32 Å². The molecule has 1 atom stereocenters. The molecule has 2 nitrogen and oxygen atoms in total. The predicted octanol–water partition coefficient (Wildman–Crippen LogP) is 2.44. The molecule has 18 heavy (non-hydrogen) atoms. The van der Waals surface area contributed by atoms with Crippen molar-refractivity contribution in [3.05, 3.63) is 35.6 Å². The van der Waals surface area contributed by atoms with Gasteiger partial charge in [-0.25, -0.2) is 4.39 Å². The lowest BCUT2D eigenvalue weighted by Crippen LogP contribution is -2.48. The van der Waals surface area contributed by atoms with Crippen LogP contribution in [0.5, 0.6) is 0 Å². The number of aryl methyl sites for hydroxylation is 1. The molecule has 1 aliphatic rings. The summed E-state index contributed by atoms with van der Waals surface area (Å²) in [4.78, 5) is 2.43. The number of hydrogen-bond donors (Lipinski definition) is 1. The Kier molecular flexibility index (Phi) is 4.36. The van der Waals surface area contributed by atoms with Crippen LogP contribution in [0.2, 0.25) is 0 Å². The number of halogens is 1. The number of likely N-dealkylation sites (N-methyl/N-ethyl adjacent to an activating group) is 2. The minimum Gasteiger partial charge on any atom is -0.318 e. The van der Waals surface area contributed by atoms with Crippen LogP contribution >= 0.6 is 0 Å². The minimum absolute atomic E-state index is 0.0715. The average Bonchev–Trinajstić information content (AvgIpc) is 2.71. The van der Waals surface area contributed by atoms with Crippen molar-refractivity contribution < 1.29 is 4.39 Å². The van der Waals surface area contributed by atoms with Crippen LogP contribution in [-0.4, -0.2) is 37.6 Å². The molecule has 0 radical (unpaired) electrons. The van der Waals surface area contributed by atoms with Crippen molar-refractivity contribution in [2.45, 2.75) is 31.2 Å². The zero-order chi connectivity index (χ0) is 13.0. The first-order valence-corrected chi connectivity index (χ1v) is 6.77. The van der Waals surface area contributed by atoms with Crippen LogP contribution in [0, 0.1) is 5.82 Å². The molecule has 0 bridgehead atoms. The molecule has 1 aromatic carbocycles. The highest BCUT2D eigenvalue weighted by molar-refractivity contribution is 5.18. The Balaban J connectivity index is 2.05. The Morgan fingerprint density at radius 1 is 1.39 bits per heavy atom. The van der Waals surface area contributed by atoms with E-state index in [4.69, 9.17) is 0 Å². The second-order valence-electron chi connectivity index (χ2n) is 5.37. The van der Waals surface area contributed by atoms with Crippen LogP contribution in [0.3, 0.4) is 0 Å². The van der Waals surface area contributed by atoms with Gasteiger partial charge in [0.2, 0.25) is 0 Å². The third-order valence-corrected chi connectivity index (χ3v) is 4.27. The largest absolute Gasteiger partial charge is 0.318 e. The predicted molar refractivity (Wildman–Crippen MR) is 73.2 cm³/mol. The Hall–Kier alpha value is -0.930. The topological polar surface area (TPSA) is 15.3 Å². The lowest BCUT2D eigenvalue weighted by Gasteiger charge is -2.36. The molecule has 1 saturated heterocycles. The molecule has 0 saturated carbocycles. The number of likely N-dealkylation sites (tertiary alicyclic amines) is 1. The quantitative estimate of drug-likeness (QED) is 0.863. The standard InChI is InChI=1S/C15H23FN2/c1-17-12-15(9-5-11-18(15)2)10-8-13-6-3-4-7-14(13)16/h3-4,6-7,17H,5,8-12H2,1-2H3. The number of nitrogens with zero attached hydrogens (tertiary/aromatic N) is 1. The van der Waals surface area contributed by atoms with Crippen molar-refractivity contribution in [1.29, 1.82) is 0 Å². The van der Waals surface area contributed by atoms with Gasteiger partial charge in [-0.15, -0.1) is 0 Å². The van der Waals surface area contributed by atoms with Crippen molar-refractivity contribution >= 4 is 0 Å². The van der Waals surface area contributed by atoms with Gasteiger partial charge in [0, 0.05) is 12.1 Å². The summed E-state index contributed by atoms with van der Waals surface area (Å²) in [5.74, 6) is -0.0715. The van der Waals surface area contributed by atoms with Crippen LogP contribution in [0.4, 0.5) is 4.39 Å². The fourth-order valence-electron chi connectivity index (χ4n) is 3.10. The summed E-state index contributed by atoms with van der Waals surface area (Å²) in [6, 6.07) is 7.13. The second-order valence-corrected chi connectivity index (χ2v) is 5.37. The zero-order valence-electron chi connectivity index (χ0n) is 11.4. The molecule has 1 aliphatic heterocycles. The number of benzene rings is 1. The van der Waals surface area contributed by atoms with Gasteiger partial charge in [-0.2, -0.15) is 0 Å². The van der Waals surface area contributed by atoms with Gasteiger partial charge >= 0.3 is 0 Å². The van der Waals surface area contributed by atoms with Gasteiger partial charge in [0.05, 0.1) is 0 Å². The van der Waals surface area contributed by atoms with E-state index in [0.29, 0.717) is 0 Å². The van der Waals surface area contributed by atoms with E-state index < -0.39 is 0 Å². The first kappa shape index (κ1) is 13.5. The third kappa shape index (κ3) is 2.73. The zero-order valence-corrected chi connectivity index (χ0v) is 11.4. The third-order valence-electron chi connectivity index (χ3n) is 4.27. The monoisotopic (exact) mass is 250 g/mol. The Bertz CT molecular complexity index is 394. The van der Waals surface area contributed by atoms with Crippen molar-refractivity contribution in [3.8, 4) is 0 Å². The Morgan fingerprint density at radius 2 is 2.17 bits per heavy atom. The molecule has 3 heteroatoms. The Morgan fingerprint density at radius 3 is 2.78 bits per heavy atom. The molecule has 1 fully saturated rings. The summed E-state index contributed by atoms with van der Waals surface area (Å²) >= 11 is 0. The van der Waals surface area contributed by atoms with Crippen LogP contribution in [0.15, 0.2) is 24.3 Å². The summed E-state index contributed by atoms with van der Waals surface area (Å²) in [6.07, 6.45) is 4.29. The van der Waals surface area contributed by atoms with E-state index in [9.17, 15) is 4.39 Å². The summed E-state index contributed by atoms with van der Waals surface area (Å²) < 4.78 is 13.6. The molecule has 0 spiro atoms. The molecule has 100 valence electrons. The van der Waals surface area contributed by atoms with Crippen LogP contribution in [0.25, 0.3) is 0 Å². The molecular weight excluding hydrogens is 227 g/mol. The number of rotatable bonds is 5. The van der Waals surface area contributed by atoms with Crippen LogP contribution < -0.4 is 5.32 Å². The van der Waals surface area contributed by atoms with Gasteiger partial charge in [0.25, 0.3) is 0 Å². The Labute approximate surface area is 109 Å². The molecule has 1 heterocycles. The fraction of sp³-hybridized carbons (Fsp3) is 0.600. The fourth-order valence-corrected chi connectivity index (χ4v) is 3.10. The molecule has 2 rings (SSSR count). The van der Waals surface area contributed by atoms with E-state index >= 15 is 0 Å². The molecule has 0 aromatic heterocycles. The normalized spacial score (nSPS) is 24.6. The maximum atomic E-state index is 13.6. The van der Waals surface area contributed by atoms with Crippen LogP contribution in [0.1, 0.15) is 24.8 Å². The molecule has 0 aliphatic carbocycles. The lowest BCUT2D eigenvalue weighted by atomic mass is 9.88. The van der Waals surface area contributed by atoms with Gasteiger partial charge in [-0.3, -0.25) is 4.90 Å². The highest BCUT2D eigenvalue weighted by Gasteiger charge is 2.37. The van der Waals surface area contributed by atoms with Gasteiger partial charge in [-0.1, -0.05) is 18.2 Å². The van der Waals surface area contributed by atoms with Crippen molar-refractivity contribution in [2.24, 2.45) is 0 Å². The van der Waals surface area contributed by atoms with Gasteiger partial charge in [0.1, 0.15) is 5.82 Å². The van der Waals surface area contributed by atoms with Crippen molar-refractivity contribution in [2.75, 3.05) is 27.2 Å². The minimum atomic E-state index is -0.0715. The summed E-state index contributed by atoms with van der Waals surface area (Å²) in [6.45, 7) is 2.14. The van der Waals surface area contributed by atoms with Crippen molar-refractivity contribution in [3.63, 3.8) is 0 Å².